The second-order valence-electron chi connectivity index (χ2n) is 5.42. The summed E-state index contributed by atoms with van der Waals surface area (Å²) in [6, 6.07) is 8.60. The highest BCUT2D eigenvalue weighted by atomic mass is 16.5. The fourth-order valence-corrected chi connectivity index (χ4v) is 2.85. The summed E-state index contributed by atoms with van der Waals surface area (Å²) in [7, 11) is 0. The van der Waals surface area contributed by atoms with E-state index >= 15 is 0 Å². The van der Waals surface area contributed by atoms with Crippen molar-refractivity contribution >= 4 is 17.5 Å². The number of benzene rings is 1. The van der Waals surface area contributed by atoms with Crippen LogP contribution >= 0.6 is 0 Å². The van der Waals surface area contributed by atoms with Crippen LogP contribution in [0.25, 0.3) is 0 Å². The Balaban J connectivity index is 1.84. The van der Waals surface area contributed by atoms with Crippen molar-refractivity contribution in [3.63, 3.8) is 0 Å². The number of rotatable bonds is 2. The van der Waals surface area contributed by atoms with Crippen molar-refractivity contribution in [3.8, 4) is 6.07 Å². The van der Waals surface area contributed by atoms with Crippen molar-refractivity contribution in [2.75, 3.05) is 31.2 Å². The number of ether oxygens (including phenoxy) is 1. The Morgan fingerprint density at radius 1 is 1.36 bits per heavy atom. The van der Waals surface area contributed by atoms with Gasteiger partial charge >= 0.3 is 0 Å². The maximum atomic E-state index is 12.6. The average molecular weight is 299 g/mol. The molecule has 2 aliphatic heterocycles. The minimum absolute atomic E-state index is 0.0888. The molecule has 0 spiro atoms. The highest BCUT2D eigenvalue weighted by molar-refractivity contribution is 5.99. The monoisotopic (exact) mass is 299 g/mol. The lowest BCUT2D eigenvalue weighted by Crippen LogP contribution is -2.48. The van der Waals surface area contributed by atoms with Gasteiger partial charge in [-0.2, -0.15) is 5.26 Å². The number of hydrogen-bond acceptors (Lipinski definition) is 4. The number of nitriles is 1. The molecule has 0 N–H and O–H groups in total. The van der Waals surface area contributed by atoms with Crippen LogP contribution in [-0.2, 0) is 9.53 Å². The van der Waals surface area contributed by atoms with Gasteiger partial charge in [0.1, 0.15) is 6.04 Å². The van der Waals surface area contributed by atoms with Gasteiger partial charge in [0.05, 0.1) is 19.3 Å². The SMILES string of the molecule is N#CC1COCCN1C(=O)c1cccc(N2CCCC2=O)c1. The molecule has 6 nitrogen and oxygen atoms in total. The summed E-state index contributed by atoms with van der Waals surface area (Å²) in [5.41, 5.74) is 1.24. The summed E-state index contributed by atoms with van der Waals surface area (Å²) in [5.74, 6) is -0.103. The third-order valence-electron chi connectivity index (χ3n) is 4.02. The Kier molecular flexibility index (Phi) is 4.07. The Morgan fingerprint density at radius 2 is 2.23 bits per heavy atom. The molecule has 2 amide bonds. The molecule has 2 fully saturated rings. The van der Waals surface area contributed by atoms with E-state index in [1.165, 1.54) is 4.90 Å². The van der Waals surface area contributed by atoms with Gasteiger partial charge in [0.25, 0.3) is 5.91 Å². The number of amides is 2. The first-order chi connectivity index (χ1) is 10.7. The van der Waals surface area contributed by atoms with E-state index in [4.69, 9.17) is 10.00 Å². The summed E-state index contributed by atoms with van der Waals surface area (Å²) >= 11 is 0. The number of morpholine rings is 1. The molecule has 1 unspecified atom stereocenters. The summed E-state index contributed by atoms with van der Waals surface area (Å²) in [4.78, 5) is 27.7. The molecule has 114 valence electrons. The van der Waals surface area contributed by atoms with Crippen LogP contribution in [0.4, 0.5) is 5.69 Å². The van der Waals surface area contributed by atoms with Crippen molar-refractivity contribution in [3.05, 3.63) is 29.8 Å². The van der Waals surface area contributed by atoms with E-state index in [1.54, 1.807) is 23.1 Å². The maximum absolute atomic E-state index is 12.6. The van der Waals surface area contributed by atoms with Gasteiger partial charge in [0.15, 0.2) is 0 Å². The molecule has 0 aromatic heterocycles. The van der Waals surface area contributed by atoms with E-state index in [-0.39, 0.29) is 18.4 Å². The molecule has 2 saturated heterocycles. The first kappa shape index (κ1) is 14.5. The van der Waals surface area contributed by atoms with Gasteiger partial charge in [-0.25, -0.2) is 0 Å². The van der Waals surface area contributed by atoms with Crippen LogP contribution in [0.15, 0.2) is 24.3 Å². The Hall–Kier alpha value is -2.39. The lowest BCUT2D eigenvalue weighted by molar-refractivity contribution is -0.117. The molecular formula is C16H17N3O3. The zero-order chi connectivity index (χ0) is 15.5. The van der Waals surface area contributed by atoms with E-state index in [0.29, 0.717) is 31.7 Å². The summed E-state index contributed by atoms with van der Waals surface area (Å²) in [6.45, 7) is 1.78. The second kappa shape index (κ2) is 6.16. The zero-order valence-corrected chi connectivity index (χ0v) is 12.2. The zero-order valence-electron chi connectivity index (χ0n) is 12.2. The van der Waals surface area contributed by atoms with Crippen molar-refractivity contribution in [2.45, 2.75) is 18.9 Å². The van der Waals surface area contributed by atoms with Gasteiger partial charge in [0.2, 0.25) is 5.91 Å². The first-order valence-corrected chi connectivity index (χ1v) is 7.39. The van der Waals surface area contributed by atoms with Crippen LogP contribution in [0.3, 0.4) is 0 Å². The topological polar surface area (TPSA) is 73.6 Å². The molecule has 2 heterocycles. The highest BCUT2D eigenvalue weighted by Gasteiger charge is 2.29. The van der Waals surface area contributed by atoms with Crippen LogP contribution in [0.2, 0.25) is 0 Å². The number of carbonyl (C=O) groups is 2. The van der Waals surface area contributed by atoms with Crippen LogP contribution < -0.4 is 4.90 Å². The highest BCUT2D eigenvalue weighted by Crippen LogP contribution is 2.23. The molecule has 3 rings (SSSR count). The molecule has 0 radical (unpaired) electrons. The molecule has 2 aliphatic rings. The number of nitrogens with zero attached hydrogens (tertiary/aromatic N) is 3. The normalized spacial score (nSPS) is 21.8. The molecule has 0 aliphatic carbocycles. The van der Waals surface area contributed by atoms with Gasteiger partial charge in [-0.15, -0.1) is 0 Å². The Bertz CT molecular complexity index is 638. The Morgan fingerprint density at radius 3 is 2.95 bits per heavy atom. The summed E-state index contributed by atoms with van der Waals surface area (Å²) < 4.78 is 5.24. The third kappa shape index (κ3) is 2.68. The van der Waals surface area contributed by atoms with Gasteiger partial charge in [-0.1, -0.05) is 6.07 Å². The van der Waals surface area contributed by atoms with E-state index in [0.717, 1.165) is 12.1 Å². The molecule has 0 bridgehead atoms. The quantitative estimate of drug-likeness (QED) is 0.822. The minimum atomic E-state index is -0.557. The van der Waals surface area contributed by atoms with Crippen LogP contribution in [0, 0.1) is 11.3 Å². The van der Waals surface area contributed by atoms with Gasteiger partial charge in [0, 0.05) is 30.8 Å². The minimum Gasteiger partial charge on any atom is -0.376 e. The van der Waals surface area contributed by atoms with Crippen molar-refractivity contribution in [1.82, 2.24) is 4.90 Å². The third-order valence-corrected chi connectivity index (χ3v) is 4.02. The fraction of sp³-hybridized carbons (Fsp3) is 0.438. The summed E-state index contributed by atoms with van der Waals surface area (Å²) in [5, 5.41) is 9.14. The van der Waals surface area contributed by atoms with Gasteiger partial charge in [-0.3, -0.25) is 9.59 Å². The first-order valence-electron chi connectivity index (χ1n) is 7.39. The van der Waals surface area contributed by atoms with Crippen LogP contribution in [-0.4, -0.2) is 49.1 Å². The van der Waals surface area contributed by atoms with Gasteiger partial charge < -0.3 is 14.5 Å². The van der Waals surface area contributed by atoms with Gasteiger partial charge in [-0.05, 0) is 24.6 Å². The number of hydrogen-bond donors (Lipinski definition) is 0. The van der Waals surface area contributed by atoms with Crippen molar-refractivity contribution in [1.29, 1.82) is 5.26 Å². The lowest BCUT2D eigenvalue weighted by Gasteiger charge is -2.31. The molecule has 0 saturated carbocycles. The number of carbonyl (C=O) groups excluding carboxylic acids is 2. The Labute approximate surface area is 128 Å². The molecule has 22 heavy (non-hydrogen) atoms. The van der Waals surface area contributed by atoms with Crippen LogP contribution in [0.1, 0.15) is 23.2 Å². The number of anilines is 1. The van der Waals surface area contributed by atoms with E-state index < -0.39 is 6.04 Å². The average Bonchev–Trinajstić information content (AvgIpc) is 3.00. The maximum Gasteiger partial charge on any atom is 0.255 e. The summed E-state index contributed by atoms with van der Waals surface area (Å²) in [6.07, 6.45) is 1.40. The largest absolute Gasteiger partial charge is 0.376 e. The molecular weight excluding hydrogens is 282 g/mol. The second-order valence-corrected chi connectivity index (χ2v) is 5.42. The lowest BCUT2D eigenvalue weighted by atomic mass is 10.1. The fourth-order valence-electron chi connectivity index (χ4n) is 2.85. The molecule has 1 aromatic rings. The van der Waals surface area contributed by atoms with Crippen LogP contribution in [0.5, 0.6) is 0 Å². The predicted octanol–water partition coefficient (Wildman–Crippen LogP) is 1.18. The smallest absolute Gasteiger partial charge is 0.255 e. The van der Waals surface area contributed by atoms with E-state index in [9.17, 15) is 9.59 Å². The van der Waals surface area contributed by atoms with E-state index in [1.807, 2.05) is 6.07 Å². The molecule has 1 aromatic carbocycles. The molecule has 1 atom stereocenters. The molecule has 6 heteroatoms. The van der Waals surface area contributed by atoms with E-state index in [2.05, 4.69) is 6.07 Å². The standard InChI is InChI=1S/C16H17N3O3/c17-10-14-11-22-8-7-19(14)16(21)12-3-1-4-13(9-12)18-6-2-5-15(18)20/h1,3-4,9,14H,2,5-8,11H2. The van der Waals surface area contributed by atoms with Crippen molar-refractivity contribution in [2.24, 2.45) is 0 Å². The van der Waals surface area contributed by atoms with Crippen molar-refractivity contribution < 1.29 is 14.3 Å². The predicted molar refractivity (Wildman–Crippen MR) is 79.3 cm³/mol.